The average Bonchev–Trinajstić information content (AvgIpc) is 2.48. The number of ether oxygens (including phenoxy) is 2. The second kappa shape index (κ2) is 8.84. The van der Waals surface area contributed by atoms with Gasteiger partial charge in [0.25, 0.3) is 0 Å². The van der Waals surface area contributed by atoms with Gasteiger partial charge in [-0.05, 0) is 25.5 Å². The maximum atomic E-state index is 11.9. The van der Waals surface area contributed by atoms with Crippen molar-refractivity contribution in [3.63, 3.8) is 0 Å². The fraction of sp³-hybridized carbons (Fsp3) is 0.467. The molecule has 1 aromatic rings. The first-order valence-corrected chi connectivity index (χ1v) is 6.81. The Morgan fingerprint density at radius 3 is 2.52 bits per heavy atom. The molecule has 0 spiro atoms. The second-order valence-electron chi connectivity index (χ2n) is 4.32. The molecule has 0 fully saturated rings. The highest BCUT2D eigenvalue weighted by Crippen LogP contribution is 2.28. The number of aromatic nitrogens is 1. The Morgan fingerprint density at radius 1 is 1.29 bits per heavy atom. The fourth-order valence-corrected chi connectivity index (χ4v) is 2.00. The van der Waals surface area contributed by atoms with Crippen LogP contribution in [0, 0.1) is 5.92 Å². The number of pyridine rings is 1. The van der Waals surface area contributed by atoms with Gasteiger partial charge < -0.3 is 14.3 Å². The minimum atomic E-state index is -1.06. The van der Waals surface area contributed by atoms with Gasteiger partial charge in [-0.2, -0.15) is 0 Å². The molecule has 6 heteroatoms. The molecule has 0 saturated carbocycles. The molecule has 6 nitrogen and oxygen atoms in total. The highest BCUT2D eigenvalue weighted by Gasteiger charge is 2.32. The van der Waals surface area contributed by atoms with E-state index in [9.17, 15) is 14.4 Å². The van der Waals surface area contributed by atoms with Crippen molar-refractivity contribution < 1.29 is 23.9 Å². The zero-order valence-corrected chi connectivity index (χ0v) is 12.2. The fourth-order valence-electron chi connectivity index (χ4n) is 2.00. The summed E-state index contributed by atoms with van der Waals surface area (Å²) in [7, 11) is 0. The SMILES string of the molecule is CCOC(=O)CC(c1cccnc1)C(C=O)C(=O)OCC. The van der Waals surface area contributed by atoms with Crippen LogP contribution in [0.3, 0.4) is 0 Å². The van der Waals surface area contributed by atoms with Crippen LogP contribution in [0.4, 0.5) is 0 Å². The molecule has 0 radical (unpaired) electrons. The van der Waals surface area contributed by atoms with E-state index in [4.69, 9.17) is 9.47 Å². The predicted molar refractivity (Wildman–Crippen MR) is 74.4 cm³/mol. The zero-order valence-electron chi connectivity index (χ0n) is 12.2. The monoisotopic (exact) mass is 293 g/mol. The number of carbonyl (C=O) groups excluding carboxylic acids is 3. The number of hydrogen-bond donors (Lipinski definition) is 0. The quantitative estimate of drug-likeness (QED) is 0.410. The Morgan fingerprint density at radius 2 is 2.00 bits per heavy atom. The van der Waals surface area contributed by atoms with Crippen LogP contribution in [0.1, 0.15) is 31.7 Å². The number of carbonyl (C=O) groups is 3. The first kappa shape index (κ1) is 16.8. The van der Waals surface area contributed by atoms with Gasteiger partial charge in [0.05, 0.1) is 19.6 Å². The molecule has 0 aromatic carbocycles. The molecule has 0 aliphatic carbocycles. The Hall–Kier alpha value is -2.24. The molecule has 114 valence electrons. The summed E-state index contributed by atoms with van der Waals surface area (Å²) >= 11 is 0. The molecule has 0 aliphatic rings. The molecular weight excluding hydrogens is 274 g/mol. The van der Waals surface area contributed by atoms with Gasteiger partial charge in [0, 0.05) is 18.3 Å². The van der Waals surface area contributed by atoms with Crippen LogP contribution < -0.4 is 0 Å². The number of esters is 2. The molecule has 2 atom stereocenters. The highest BCUT2D eigenvalue weighted by molar-refractivity contribution is 5.90. The van der Waals surface area contributed by atoms with E-state index in [1.54, 1.807) is 32.2 Å². The zero-order chi connectivity index (χ0) is 15.7. The summed E-state index contributed by atoms with van der Waals surface area (Å²) in [6, 6.07) is 3.40. The van der Waals surface area contributed by atoms with Gasteiger partial charge in [-0.1, -0.05) is 6.07 Å². The van der Waals surface area contributed by atoms with E-state index < -0.39 is 23.8 Å². The number of nitrogens with zero attached hydrogens (tertiary/aromatic N) is 1. The average molecular weight is 293 g/mol. The lowest BCUT2D eigenvalue weighted by Gasteiger charge is -2.21. The normalized spacial score (nSPS) is 13.0. The number of rotatable bonds is 8. The maximum absolute atomic E-state index is 11.9. The second-order valence-corrected chi connectivity index (χ2v) is 4.32. The van der Waals surface area contributed by atoms with Crippen molar-refractivity contribution in [2.75, 3.05) is 13.2 Å². The summed E-state index contributed by atoms with van der Waals surface area (Å²) in [5, 5.41) is 0. The van der Waals surface area contributed by atoms with Gasteiger partial charge in [-0.25, -0.2) is 0 Å². The van der Waals surface area contributed by atoms with Crippen molar-refractivity contribution in [2.24, 2.45) is 5.92 Å². The minimum Gasteiger partial charge on any atom is -0.466 e. The van der Waals surface area contributed by atoms with E-state index in [2.05, 4.69) is 4.98 Å². The van der Waals surface area contributed by atoms with E-state index in [0.29, 0.717) is 11.8 Å². The van der Waals surface area contributed by atoms with Crippen LogP contribution in [0.2, 0.25) is 0 Å². The molecule has 2 unspecified atom stereocenters. The summed E-state index contributed by atoms with van der Waals surface area (Å²) in [6.07, 6.45) is 3.53. The number of aldehydes is 1. The van der Waals surface area contributed by atoms with Gasteiger partial charge in [0.2, 0.25) is 0 Å². The summed E-state index contributed by atoms with van der Waals surface area (Å²) in [6.45, 7) is 3.76. The Bertz CT molecular complexity index is 474. The van der Waals surface area contributed by atoms with Gasteiger partial charge in [0.15, 0.2) is 0 Å². The third-order valence-electron chi connectivity index (χ3n) is 2.94. The summed E-state index contributed by atoms with van der Waals surface area (Å²) < 4.78 is 9.80. The third kappa shape index (κ3) is 4.98. The highest BCUT2D eigenvalue weighted by atomic mass is 16.5. The van der Waals surface area contributed by atoms with E-state index in [0.717, 1.165) is 0 Å². The standard InChI is InChI=1S/C15H19NO5/c1-3-20-14(18)8-12(11-6-5-7-16-9-11)13(10-17)15(19)21-4-2/h5-7,9-10,12-13H,3-4,8H2,1-2H3. The molecule has 0 saturated heterocycles. The molecular formula is C15H19NO5. The lowest BCUT2D eigenvalue weighted by molar-refractivity contribution is -0.151. The van der Waals surface area contributed by atoms with Crippen LogP contribution >= 0.6 is 0 Å². The lowest BCUT2D eigenvalue weighted by atomic mass is 9.85. The molecule has 0 amide bonds. The third-order valence-corrected chi connectivity index (χ3v) is 2.94. The summed E-state index contributed by atoms with van der Waals surface area (Å²) in [5.41, 5.74) is 0.621. The smallest absolute Gasteiger partial charge is 0.316 e. The minimum absolute atomic E-state index is 0.0816. The van der Waals surface area contributed by atoms with E-state index in [1.165, 1.54) is 6.20 Å². The van der Waals surface area contributed by atoms with Crippen molar-refractivity contribution in [2.45, 2.75) is 26.2 Å². The van der Waals surface area contributed by atoms with E-state index >= 15 is 0 Å². The van der Waals surface area contributed by atoms with Crippen LogP contribution in [0.25, 0.3) is 0 Å². The summed E-state index contributed by atoms with van der Waals surface area (Å²) in [5.74, 6) is -2.82. The lowest BCUT2D eigenvalue weighted by Crippen LogP contribution is -2.28. The molecule has 1 heterocycles. The van der Waals surface area contributed by atoms with Crippen molar-refractivity contribution >= 4 is 18.2 Å². The van der Waals surface area contributed by atoms with E-state index in [-0.39, 0.29) is 19.6 Å². The van der Waals surface area contributed by atoms with Crippen LogP contribution in [-0.2, 0) is 23.9 Å². The molecule has 21 heavy (non-hydrogen) atoms. The number of hydrogen-bond acceptors (Lipinski definition) is 6. The Labute approximate surface area is 123 Å². The largest absolute Gasteiger partial charge is 0.466 e. The first-order chi connectivity index (χ1) is 10.1. The summed E-state index contributed by atoms with van der Waals surface area (Å²) in [4.78, 5) is 38.9. The Balaban J connectivity index is 3.02. The first-order valence-electron chi connectivity index (χ1n) is 6.81. The molecule has 0 N–H and O–H groups in total. The topological polar surface area (TPSA) is 82.6 Å². The molecule has 0 aliphatic heterocycles. The van der Waals surface area contributed by atoms with E-state index in [1.807, 2.05) is 0 Å². The van der Waals surface area contributed by atoms with Gasteiger partial charge >= 0.3 is 11.9 Å². The maximum Gasteiger partial charge on any atom is 0.316 e. The van der Waals surface area contributed by atoms with Gasteiger partial charge in [0.1, 0.15) is 12.2 Å². The predicted octanol–water partition coefficient (Wildman–Crippen LogP) is 1.50. The van der Waals surface area contributed by atoms with Crippen molar-refractivity contribution in [3.05, 3.63) is 30.1 Å². The van der Waals surface area contributed by atoms with Crippen molar-refractivity contribution in [3.8, 4) is 0 Å². The molecule has 0 bridgehead atoms. The van der Waals surface area contributed by atoms with Crippen LogP contribution in [-0.4, -0.2) is 36.4 Å². The van der Waals surface area contributed by atoms with Crippen LogP contribution in [0.15, 0.2) is 24.5 Å². The van der Waals surface area contributed by atoms with Crippen molar-refractivity contribution in [1.82, 2.24) is 4.98 Å². The van der Waals surface area contributed by atoms with Gasteiger partial charge in [-0.15, -0.1) is 0 Å². The van der Waals surface area contributed by atoms with Crippen molar-refractivity contribution in [1.29, 1.82) is 0 Å². The molecule has 1 rings (SSSR count). The Kier molecular flexibility index (Phi) is 7.08. The van der Waals surface area contributed by atoms with Gasteiger partial charge in [-0.3, -0.25) is 14.6 Å². The van der Waals surface area contributed by atoms with Crippen LogP contribution in [0.5, 0.6) is 0 Å². The molecule has 1 aromatic heterocycles.